The predicted octanol–water partition coefficient (Wildman–Crippen LogP) is 4.14. The van der Waals surface area contributed by atoms with Gasteiger partial charge in [-0.15, -0.1) is 21.5 Å². The number of hydrogen-bond donors (Lipinski definition) is 1. The lowest BCUT2D eigenvalue weighted by atomic mass is 10.1. The average molecular weight is 434 g/mol. The first-order valence-electron chi connectivity index (χ1n) is 8.56. The van der Waals surface area contributed by atoms with Gasteiger partial charge in [-0.3, -0.25) is 4.79 Å². The summed E-state index contributed by atoms with van der Waals surface area (Å²) in [5, 5.41) is 15.5. The number of aryl methyl sites for hydroxylation is 1. The van der Waals surface area contributed by atoms with Gasteiger partial charge < -0.3 is 9.88 Å². The first kappa shape index (κ1) is 20.6. The van der Waals surface area contributed by atoms with E-state index in [9.17, 15) is 4.79 Å². The molecule has 2 aromatic heterocycles. The Morgan fingerprint density at radius 1 is 1.36 bits per heavy atom. The minimum absolute atomic E-state index is 0.225. The number of thioether (sulfide) groups is 1. The molecule has 1 amide bonds. The number of thiazole rings is 1. The topological polar surface area (TPSA) is 72.7 Å². The van der Waals surface area contributed by atoms with E-state index in [1.54, 1.807) is 5.38 Å². The normalized spacial score (nSPS) is 12.0. The van der Waals surface area contributed by atoms with Gasteiger partial charge in [0.25, 0.3) is 5.91 Å². The van der Waals surface area contributed by atoms with Crippen molar-refractivity contribution in [3.05, 3.63) is 69.4 Å². The van der Waals surface area contributed by atoms with Crippen molar-refractivity contribution in [1.82, 2.24) is 25.1 Å². The van der Waals surface area contributed by atoms with E-state index in [1.165, 1.54) is 23.1 Å². The zero-order valence-electron chi connectivity index (χ0n) is 15.6. The summed E-state index contributed by atoms with van der Waals surface area (Å²) in [4.78, 5) is 17.0. The first-order valence-corrected chi connectivity index (χ1v) is 10.8. The van der Waals surface area contributed by atoms with Crippen LogP contribution in [0.2, 0.25) is 0 Å². The second kappa shape index (κ2) is 9.36. The van der Waals surface area contributed by atoms with Gasteiger partial charge in [-0.2, -0.15) is 0 Å². The van der Waals surface area contributed by atoms with Gasteiger partial charge in [0.2, 0.25) is 0 Å². The molecule has 0 bridgehead atoms. The number of aromatic nitrogens is 4. The minimum Gasteiger partial charge on any atom is -0.340 e. The van der Waals surface area contributed by atoms with Crippen molar-refractivity contribution < 1.29 is 4.79 Å². The van der Waals surface area contributed by atoms with Crippen LogP contribution in [0.25, 0.3) is 0 Å². The molecule has 0 saturated heterocycles. The minimum atomic E-state index is -0.344. The number of carbonyl (C=O) groups is 1. The molecule has 0 radical (unpaired) electrons. The van der Waals surface area contributed by atoms with Gasteiger partial charge in [0.05, 0.1) is 11.0 Å². The van der Waals surface area contributed by atoms with E-state index in [-0.39, 0.29) is 11.9 Å². The fraction of sp³-hybridized carbons (Fsp3) is 0.263. The molecule has 9 heteroatoms. The number of nitrogens with one attached hydrogen (secondary N) is 1. The van der Waals surface area contributed by atoms with Crippen molar-refractivity contribution >= 4 is 40.6 Å². The molecule has 1 atom stereocenters. The molecule has 1 N–H and O–H groups in total. The molecule has 28 heavy (non-hydrogen) atoms. The molecule has 6 nitrogen and oxygen atoms in total. The van der Waals surface area contributed by atoms with Crippen LogP contribution in [0.5, 0.6) is 0 Å². The van der Waals surface area contributed by atoms with Gasteiger partial charge in [-0.05, 0) is 18.9 Å². The second-order valence-corrected chi connectivity index (χ2v) is 8.71. The third kappa shape index (κ3) is 5.21. The standard InChI is InChI=1S/C19H20ClN5OS2/c1-12(20)10-28-19-24-23-17(25(19)3)15(9-14-7-5-4-6-8-14)22-18(26)16-11-27-13(2)21-16/h4-8,11,15H,1,9-10H2,2-3H3,(H,22,26). The molecule has 0 aliphatic rings. The van der Waals surface area contributed by atoms with E-state index in [1.807, 2.05) is 48.9 Å². The maximum atomic E-state index is 12.7. The van der Waals surface area contributed by atoms with Crippen molar-refractivity contribution in [2.75, 3.05) is 5.75 Å². The molecule has 146 valence electrons. The lowest BCUT2D eigenvalue weighted by molar-refractivity contribution is 0.0929. The van der Waals surface area contributed by atoms with Crippen LogP contribution in [-0.4, -0.2) is 31.4 Å². The molecule has 0 aliphatic carbocycles. The maximum absolute atomic E-state index is 12.7. The zero-order chi connectivity index (χ0) is 20.1. The largest absolute Gasteiger partial charge is 0.340 e. The Morgan fingerprint density at radius 3 is 2.75 bits per heavy atom. The Balaban J connectivity index is 1.85. The third-order valence-corrected chi connectivity index (χ3v) is 6.15. The fourth-order valence-corrected chi connectivity index (χ4v) is 4.08. The summed E-state index contributed by atoms with van der Waals surface area (Å²) in [5.41, 5.74) is 1.50. The summed E-state index contributed by atoms with van der Waals surface area (Å²) < 4.78 is 1.88. The van der Waals surface area contributed by atoms with Crippen molar-refractivity contribution in [3.8, 4) is 0 Å². The van der Waals surface area contributed by atoms with Crippen molar-refractivity contribution in [2.45, 2.75) is 24.5 Å². The van der Waals surface area contributed by atoms with Crippen molar-refractivity contribution in [1.29, 1.82) is 0 Å². The van der Waals surface area contributed by atoms with E-state index >= 15 is 0 Å². The number of halogens is 1. The molecule has 2 heterocycles. The van der Waals surface area contributed by atoms with Crippen LogP contribution >= 0.6 is 34.7 Å². The molecule has 0 fully saturated rings. The SMILES string of the molecule is C=C(Cl)CSc1nnc(C(Cc2ccccc2)NC(=O)c2csc(C)n2)n1C. The van der Waals surface area contributed by atoms with Gasteiger partial charge in [0.1, 0.15) is 5.69 Å². The highest BCUT2D eigenvalue weighted by molar-refractivity contribution is 7.99. The number of amides is 1. The second-order valence-electron chi connectivity index (χ2n) is 6.17. The average Bonchev–Trinajstić information content (AvgIpc) is 3.26. The summed E-state index contributed by atoms with van der Waals surface area (Å²) in [6, 6.07) is 9.61. The van der Waals surface area contributed by atoms with E-state index in [2.05, 4.69) is 27.1 Å². The Kier molecular flexibility index (Phi) is 6.88. The van der Waals surface area contributed by atoms with Gasteiger partial charge in [0, 0.05) is 23.2 Å². The van der Waals surface area contributed by atoms with Gasteiger partial charge in [-0.25, -0.2) is 4.98 Å². The Bertz CT molecular complexity index is 970. The Morgan fingerprint density at radius 2 is 2.11 bits per heavy atom. The lowest BCUT2D eigenvalue weighted by Crippen LogP contribution is -2.32. The third-order valence-electron chi connectivity index (χ3n) is 3.98. The molecular weight excluding hydrogens is 414 g/mol. The highest BCUT2D eigenvalue weighted by Crippen LogP contribution is 2.24. The van der Waals surface area contributed by atoms with E-state index in [0.717, 1.165) is 10.6 Å². The molecule has 1 unspecified atom stereocenters. The zero-order valence-corrected chi connectivity index (χ0v) is 17.9. The van der Waals surface area contributed by atoms with E-state index in [0.29, 0.717) is 33.9 Å². The molecule has 1 aromatic carbocycles. The predicted molar refractivity (Wildman–Crippen MR) is 114 cm³/mol. The van der Waals surface area contributed by atoms with Crippen LogP contribution in [0.15, 0.2) is 52.5 Å². The maximum Gasteiger partial charge on any atom is 0.271 e. The lowest BCUT2D eigenvalue weighted by Gasteiger charge is -2.18. The van der Waals surface area contributed by atoms with Crippen LogP contribution in [0, 0.1) is 6.92 Å². The molecule has 0 spiro atoms. The van der Waals surface area contributed by atoms with E-state index in [4.69, 9.17) is 11.6 Å². The summed E-state index contributed by atoms with van der Waals surface area (Å²) in [5.74, 6) is 0.991. The number of nitrogens with zero attached hydrogens (tertiary/aromatic N) is 4. The molecule has 0 saturated carbocycles. The molecule has 0 aliphatic heterocycles. The van der Waals surface area contributed by atoms with Gasteiger partial charge in [0.15, 0.2) is 11.0 Å². The highest BCUT2D eigenvalue weighted by atomic mass is 35.5. The Hall–Kier alpha value is -2.16. The van der Waals surface area contributed by atoms with Crippen LogP contribution in [0.4, 0.5) is 0 Å². The van der Waals surface area contributed by atoms with Crippen molar-refractivity contribution in [2.24, 2.45) is 7.05 Å². The number of hydrogen-bond acceptors (Lipinski definition) is 6. The quantitative estimate of drug-likeness (QED) is 0.540. The van der Waals surface area contributed by atoms with Crippen LogP contribution in [0.1, 0.15) is 32.9 Å². The molecule has 3 aromatic rings. The van der Waals surface area contributed by atoms with Crippen LogP contribution in [-0.2, 0) is 13.5 Å². The summed E-state index contributed by atoms with van der Waals surface area (Å²) >= 11 is 8.76. The number of benzene rings is 1. The summed E-state index contributed by atoms with van der Waals surface area (Å²) in [6.07, 6.45) is 0.592. The summed E-state index contributed by atoms with van der Waals surface area (Å²) in [7, 11) is 1.88. The fourth-order valence-electron chi connectivity index (χ4n) is 2.65. The number of rotatable bonds is 8. The molecular formula is C19H20ClN5OS2. The van der Waals surface area contributed by atoms with Crippen LogP contribution in [0.3, 0.4) is 0 Å². The Labute approximate surface area is 177 Å². The van der Waals surface area contributed by atoms with Gasteiger partial charge in [-0.1, -0.05) is 60.3 Å². The molecule has 3 rings (SSSR count). The first-order chi connectivity index (χ1) is 13.4. The monoisotopic (exact) mass is 433 g/mol. The van der Waals surface area contributed by atoms with Crippen molar-refractivity contribution in [3.63, 3.8) is 0 Å². The van der Waals surface area contributed by atoms with E-state index < -0.39 is 0 Å². The van der Waals surface area contributed by atoms with Crippen LogP contribution < -0.4 is 5.32 Å². The smallest absolute Gasteiger partial charge is 0.271 e. The number of carbonyl (C=O) groups excluding carboxylic acids is 1. The highest BCUT2D eigenvalue weighted by Gasteiger charge is 2.23. The summed E-state index contributed by atoms with van der Waals surface area (Å²) in [6.45, 7) is 5.57. The van der Waals surface area contributed by atoms with Gasteiger partial charge >= 0.3 is 0 Å².